The maximum absolute atomic E-state index is 11.6. The van der Waals surface area contributed by atoms with Gasteiger partial charge in [-0.3, -0.25) is 10.1 Å². The molecule has 20 heavy (non-hydrogen) atoms. The highest BCUT2D eigenvalue weighted by Gasteiger charge is 2.32. The first-order valence-corrected chi connectivity index (χ1v) is 6.08. The average Bonchev–Trinajstić information content (AvgIpc) is 2.84. The molecule has 3 N–H and O–H groups in total. The van der Waals surface area contributed by atoms with Crippen molar-refractivity contribution < 1.29 is 19.6 Å². The van der Waals surface area contributed by atoms with E-state index < -0.39 is 16.6 Å². The normalized spacial score (nSPS) is 21.4. The van der Waals surface area contributed by atoms with E-state index in [1.54, 1.807) is 6.07 Å². The number of urea groups is 1. The monoisotopic (exact) mass is 281 g/mol. The molecule has 0 spiro atoms. The van der Waals surface area contributed by atoms with Gasteiger partial charge in [-0.15, -0.1) is 0 Å². The first-order chi connectivity index (χ1) is 9.48. The van der Waals surface area contributed by atoms with Crippen molar-refractivity contribution in [2.24, 2.45) is 0 Å². The van der Waals surface area contributed by atoms with E-state index in [1.165, 1.54) is 18.2 Å². The summed E-state index contributed by atoms with van der Waals surface area (Å²) in [7, 11) is 0. The molecule has 1 unspecified atom stereocenters. The molecule has 0 aromatic heterocycles. The number of aliphatic hydroxyl groups is 1. The number of hydrogen-bond donors (Lipinski definition) is 3. The van der Waals surface area contributed by atoms with Crippen LogP contribution in [-0.4, -0.2) is 41.4 Å². The molecule has 2 rings (SSSR count). The maximum atomic E-state index is 11.6. The highest BCUT2D eigenvalue weighted by Crippen LogP contribution is 2.18. The number of carbonyl (C=O) groups excluding carboxylic acids is 1. The molecule has 1 aromatic carbocycles. The number of benzene rings is 1. The molecule has 1 saturated heterocycles. The van der Waals surface area contributed by atoms with Crippen molar-refractivity contribution >= 4 is 17.4 Å². The van der Waals surface area contributed by atoms with Crippen LogP contribution in [0.3, 0.4) is 0 Å². The second-order valence-electron chi connectivity index (χ2n) is 4.64. The molecule has 1 aliphatic heterocycles. The highest BCUT2D eigenvalue weighted by molar-refractivity contribution is 5.89. The van der Waals surface area contributed by atoms with Crippen LogP contribution < -0.4 is 10.6 Å². The lowest BCUT2D eigenvalue weighted by molar-refractivity contribution is -0.384. The van der Waals surface area contributed by atoms with Gasteiger partial charge in [-0.05, 0) is 6.07 Å². The molecule has 0 saturated carbocycles. The summed E-state index contributed by atoms with van der Waals surface area (Å²) < 4.78 is 5.06. The summed E-state index contributed by atoms with van der Waals surface area (Å²) in [6.07, 6.45) is 0.462. The molecule has 8 nitrogen and oxygen atoms in total. The van der Waals surface area contributed by atoms with E-state index >= 15 is 0 Å². The molecule has 1 heterocycles. The van der Waals surface area contributed by atoms with Crippen molar-refractivity contribution in [3.05, 3.63) is 34.4 Å². The SMILES string of the molecule is O=C(NCC1(O)CCOC1)Nc1cccc([N+](=O)[O-])c1. The maximum Gasteiger partial charge on any atom is 0.319 e. The molecule has 1 fully saturated rings. The fraction of sp³-hybridized carbons (Fsp3) is 0.417. The van der Waals surface area contributed by atoms with E-state index in [1.807, 2.05) is 0 Å². The van der Waals surface area contributed by atoms with Crippen LogP contribution in [-0.2, 0) is 4.74 Å². The summed E-state index contributed by atoms with van der Waals surface area (Å²) in [6, 6.07) is 5.08. The zero-order valence-electron chi connectivity index (χ0n) is 10.7. The van der Waals surface area contributed by atoms with Crippen LogP contribution in [0, 0.1) is 10.1 Å². The van der Waals surface area contributed by atoms with Crippen molar-refractivity contribution in [1.82, 2.24) is 5.32 Å². The van der Waals surface area contributed by atoms with Crippen molar-refractivity contribution in [2.75, 3.05) is 25.1 Å². The lowest BCUT2D eigenvalue weighted by Gasteiger charge is -2.20. The van der Waals surface area contributed by atoms with Gasteiger partial charge in [-0.2, -0.15) is 0 Å². The highest BCUT2D eigenvalue weighted by atomic mass is 16.6. The van der Waals surface area contributed by atoms with Crippen molar-refractivity contribution in [3.63, 3.8) is 0 Å². The van der Waals surface area contributed by atoms with E-state index in [-0.39, 0.29) is 18.8 Å². The third kappa shape index (κ3) is 3.65. The van der Waals surface area contributed by atoms with Gasteiger partial charge in [0.2, 0.25) is 0 Å². The Morgan fingerprint density at radius 2 is 2.35 bits per heavy atom. The summed E-state index contributed by atoms with van der Waals surface area (Å²) in [6.45, 7) is 0.711. The largest absolute Gasteiger partial charge is 0.386 e. The fourth-order valence-corrected chi connectivity index (χ4v) is 1.85. The number of non-ortho nitro benzene ring substituents is 1. The number of hydrogen-bond acceptors (Lipinski definition) is 5. The number of rotatable bonds is 4. The van der Waals surface area contributed by atoms with Crippen LogP contribution in [0.15, 0.2) is 24.3 Å². The number of nitrogens with one attached hydrogen (secondary N) is 2. The molecule has 8 heteroatoms. The van der Waals surface area contributed by atoms with Crippen LogP contribution in [0.5, 0.6) is 0 Å². The zero-order valence-corrected chi connectivity index (χ0v) is 10.7. The number of nitrogens with zero attached hydrogens (tertiary/aromatic N) is 1. The summed E-state index contributed by atoms with van der Waals surface area (Å²) in [4.78, 5) is 21.7. The molecule has 0 bridgehead atoms. The second-order valence-corrected chi connectivity index (χ2v) is 4.64. The van der Waals surface area contributed by atoms with Gasteiger partial charge >= 0.3 is 6.03 Å². The quantitative estimate of drug-likeness (QED) is 0.559. The Bertz CT molecular complexity index is 514. The van der Waals surface area contributed by atoms with E-state index in [0.29, 0.717) is 18.7 Å². The first-order valence-electron chi connectivity index (χ1n) is 6.08. The Balaban J connectivity index is 1.88. The predicted molar refractivity (Wildman–Crippen MR) is 70.5 cm³/mol. The topological polar surface area (TPSA) is 114 Å². The summed E-state index contributed by atoms with van der Waals surface area (Å²) in [5, 5.41) is 25.6. The van der Waals surface area contributed by atoms with Crippen molar-refractivity contribution in [3.8, 4) is 0 Å². The molecule has 0 aliphatic carbocycles. The second kappa shape index (κ2) is 5.85. The zero-order chi connectivity index (χ0) is 14.6. The Kier molecular flexibility index (Phi) is 4.16. The lowest BCUT2D eigenvalue weighted by atomic mass is 10.0. The fourth-order valence-electron chi connectivity index (χ4n) is 1.85. The van der Waals surface area contributed by atoms with E-state index in [2.05, 4.69) is 10.6 Å². The Labute approximate surface area is 114 Å². The van der Waals surface area contributed by atoms with E-state index in [9.17, 15) is 20.0 Å². The Morgan fingerprint density at radius 3 is 3.00 bits per heavy atom. The van der Waals surface area contributed by atoms with Crippen LogP contribution in [0.4, 0.5) is 16.2 Å². The number of carbonyl (C=O) groups is 1. The van der Waals surface area contributed by atoms with Gasteiger partial charge in [0.05, 0.1) is 18.1 Å². The van der Waals surface area contributed by atoms with Crippen LogP contribution in [0.1, 0.15) is 6.42 Å². The van der Waals surface area contributed by atoms with Gasteiger partial charge in [0.15, 0.2) is 0 Å². The average molecular weight is 281 g/mol. The summed E-state index contributed by atoms with van der Waals surface area (Å²) in [5.41, 5.74) is -0.836. The van der Waals surface area contributed by atoms with E-state index in [4.69, 9.17) is 4.74 Å². The van der Waals surface area contributed by atoms with Gasteiger partial charge in [0, 0.05) is 30.8 Å². The van der Waals surface area contributed by atoms with Gasteiger partial charge in [0.1, 0.15) is 5.60 Å². The Morgan fingerprint density at radius 1 is 1.55 bits per heavy atom. The van der Waals surface area contributed by atoms with Gasteiger partial charge in [-0.1, -0.05) is 6.07 Å². The number of ether oxygens (including phenoxy) is 1. The van der Waals surface area contributed by atoms with Gasteiger partial charge in [0.25, 0.3) is 5.69 Å². The summed E-state index contributed by atoms with van der Waals surface area (Å²) >= 11 is 0. The minimum Gasteiger partial charge on any atom is -0.386 e. The molecule has 1 aliphatic rings. The molecule has 0 radical (unpaired) electrons. The number of amides is 2. The lowest BCUT2D eigenvalue weighted by Crippen LogP contribution is -2.44. The smallest absolute Gasteiger partial charge is 0.319 e. The number of anilines is 1. The van der Waals surface area contributed by atoms with E-state index in [0.717, 1.165) is 0 Å². The van der Waals surface area contributed by atoms with Gasteiger partial charge < -0.3 is 20.5 Å². The van der Waals surface area contributed by atoms with Crippen molar-refractivity contribution in [2.45, 2.75) is 12.0 Å². The minimum atomic E-state index is -1.04. The number of nitro groups is 1. The minimum absolute atomic E-state index is 0.0633. The van der Waals surface area contributed by atoms with Gasteiger partial charge in [-0.25, -0.2) is 4.79 Å². The molecule has 2 amide bonds. The van der Waals surface area contributed by atoms with Crippen LogP contribution in [0.25, 0.3) is 0 Å². The molecule has 1 aromatic rings. The van der Waals surface area contributed by atoms with Crippen molar-refractivity contribution in [1.29, 1.82) is 0 Å². The summed E-state index contributed by atoms with van der Waals surface area (Å²) in [5.74, 6) is 0. The molecular weight excluding hydrogens is 266 g/mol. The van der Waals surface area contributed by atoms with Crippen LogP contribution >= 0.6 is 0 Å². The third-order valence-electron chi connectivity index (χ3n) is 2.98. The standard InChI is InChI=1S/C12H15N3O5/c16-11(13-7-12(17)4-5-20-8-12)14-9-2-1-3-10(6-9)15(18)19/h1-3,6,17H,4-5,7-8H2,(H2,13,14,16). The molecular formula is C12H15N3O5. The third-order valence-corrected chi connectivity index (χ3v) is 2.98. The molecule has 108 valence electrons. The first kappa shape index (κ1) is 14.2. The Hall–Kier alpha value is -2.19. The number of nitro benzene ring substituents is 1. The van der Waals surface area contributed by atoms with Crippen LogP contribution in [0.2, 0.25) is 0 Å². The predicted octanol–water partition coefficient (Wildman–Crippen LogP) is 0.868. The molecule has 1 atom stereocenters.